The summed E-state index contributed by atoms with van der Waals surface area (Å²) in [6.07, 6.45) is 0. The average Bonchev–Trinajstić information content (AvgIpc) is 2.27. The summed E-state index contributed by atoms with van der Waals surface area (Å²) in [4.78, 5) is 20.4. The SMILES string of the molecule is COCCN(c1nc(N)nc(C)c1[N+](=O)[O-])C(C)C. The van der Waals surface area contributed by atoms with Gasteiger partial charge in [-0.1, -0.05) is 0 Å². The van der Waals surface area contributed by atoms with Gasteiger partial charge in [-0.05, 0) is 20.8 Å². The molecular formula is C11H19N5O3. The van der Waals surface area contributed by atoms with Crippen molar-refractivity contribution in [3.63, 3.8) is 0 Å². The number of aromatic nitrogens is 2. The third kappa shape index (κ3) is 3.50. The molecule has 1 aromatic heterocycles. The summed E-state index contributed by atoms with van der Waals surface area (Å²) in [6.45, 7) is 6.33. The van der Waals surface area contributed by atoms with Gasteiger partial charge in [-0.3, -0.25) is 10.1 Å². The van der Waals surface area contributed by atoms with E-state index in [1.165, 1.54) is 0 Å². The van der Waals surface area contributed by atoms with Crippen LogP contribution < -0.4 is 10.6 Å². The number of nitrogens with two attached hydrogens (primary N) is 1. The summed E-state index contributed by atoms with van der Waals surface area (Å²) in [5.74, 6) is 0.267. The molecule has 1 aromatic rings. The number of nitro groups is 1. The van der Waals surface area contributed by atoms with Gasteiger partial charge in [0.15, 0.2) is 0 Å². The Balaban J connectivity index is 3.31. The van der Waals surface area contributed by atoms with Crippen molar-refractivity contribution in [2.75, 3.05) is 30.9 Å². The maximum atomic E-state index is 11.2. The molecular weight excluding hydrogens is 250 g/mol. The van der Waals surface area contributed by atoms with Gasteiger partial charge in [0.25, 0.3) is 0 Å². The average molecular weight is 269 g/mol. The van der Waals surface area contributed by atoms with Crippen LogP contribution in [-0.2, 0) is 4.74 Å². The predicted molar refractivity (Wildman–Crippen MR) is 72.2 cm³/mol. The molecule has 0 saturated carbocycles. The topological polar surface area (TPSA) is 107 Å². The molecule has 0 amide bonds. The van der Waals surface area contributed by atoms with Gasteiger partial charge in [-0.15, -0.1) is 0 Å². The van der Waals surface area contributed by atoms with Crippen LogP contribution in [0.2, 0.25) is 0 Å². The summed E-state index contributed by atoms with van der Waals surface area (Å²) >= 11 is 0. The molecule has 8 heteroatoms. The van der Waals surface area contributed by atoms with Crippen molar-refractivity contribution in [3.05, 3.63) is 15.8 Å². The van der Waals surface area contributed by atoms with Gasteiger partial charge in [0.2, 0.25) is 11.8 Å². The summed E-state index contributed by atoms with van der Waals surface area (Å²) in [6, 6.07) is 0.0301. The standard InChI is InChI=1S/C11H19N5O3/c1-7(2)15(5-6-19-4)10-9(16(17)18)8(3)13-11(12)14-10/h7H,5-6H2,1-4H3,(H2,12,13,14). The van der Waals surface area contributed by atoms with E-state index in [-0.39, 0.29) is 29.2 Å². The highest BCUT2D eigenvalue weighted by atomic mass is 16.6. The number of anilines is 2. The molecule has 1 heterocycles. The highest BCUT2D eigenvalue weighted by Crippen LogP contribution is 2.30. The van der Waals surface area contributed by atoms with Crippen LogP contribution in [0.3, 0.4) is 0 Å². The van der Waals surface area contributed by atoms with E-state index in [4.69, 9.17) is 10.5 Å². The summed E-state index contributed by atoms with van der Waals surface area (Å²) in [7, 11) is 1.58. The monoisotopic (exact) mass is 269 g/mol. The lowest BCUT2D eigenvalue weighted by atomic mass is 10.2. The Morgan fingerprint density at radius 1 is 1.47 bits per heavy atom. The fraction of sp³-hybridized carbons (Fsp3) is 0.636. The van der Waals surface area contributed by atoms with Crippen LogP contribution in [0.1, 0.15) is 19.5 Å². The van der Waals surface area contributed by atoms with Gasteiger partial charge in [0.1, 0.15) is 5.69 Å². The fourth-order valence-electron chi connectivity index (χ4n) is 1.79. The van der Waals surface area contributed by atoms with Gasteiger partial charge in [-0.2, -0.15) is 4.98 Å². The number of nitrogens with zero attached hydrogens (tertiary/aromatic N) is 4. The van der Waals surface area contributed by atoms with Gasteiger partial charge in [0, 0.05) is 19.7 Å². The molecule has 0 bridgehead atoms. The van der Waals surface area contributed by atoms with E-state index in [1.54, 1.807) is 18.9 Å². The van der Waals surface area contributed by atoms with Crippen molar-refractivity contribution in [2.24, 2.45) is 0 Å². The zero-order valence-electron chi connectivity index (χ0n) is 11.6. The molecule has 2 N–H and O–H groups in total. The lowest BCUT2D eigenvalue weighted by Gasteiger charge is -2.27. The minimum atomic E-state index is -0.480. The van der Waals surface area contributed by atoms with Crippen molar-refractivity contribution in [2.45, 2.75) is 26.8 Å². The Labute approximate surface area is 111 Å². The molecule has 0 radical (unpaired) electrons. The Morgan fingerprint density at radius 3 is 2.58 bits per heavy atom. The summed E-state index contributed by atoms with van der Waals surface area (Å²) in [5.41, 5.74) is 5.74. The third-order valence-electron chi connectivity index (χ3n) is 2.67. The van der Waals surface area contributed by atoms with Gasteiger partial charge in [-0.25, -0.2) is 4.98 Å². The Hall–Kier alpha value is -1.96. The first-order valence-electron chi connectivity index (χ1n) is 5.92. The lowest BCUT2D eigenvalue weighted by molar-refractivity contribution is -0.385. The van der Waals surface area contributed by atoms with Crippen LogP contribution in [0.5, 0.6) is 0 Å². The van der Waals surface area contributed by atoms with Crippen molar-refractivity contribution in [1.29, 1.82) is 0 Å². The molecule has 0 unspecified atom stereocenters. The first kappa shape index (κ1) is 15.1. The third-order valence-corrected chi connectivity index (χ3v) is 2.67. The zero-order chi connectivity index (χ0) is 14.6. The van der Waals surface area contributed by atoms with E-state index in [9.17, 15) is 10.1 Å². The fourth-order valence-corrected chi connectivity index (χ4v) is 1.79. The second kappa shape index (κ2) is 6.28. The largest absolute Gasteiger partial charge is 0.383 e. The van der Waals surface area contributed by atoms with Gasteiger partial charge in [0.05, 0.1) is 11.5 Å². The molecule has 8 nitrogen and oxygen atoms in total. The first-order chi connectivity index (χ1) is 8.88. The van der Waals surface area contributed by atoms with E-state index < -0.39 is 4.92 Å². The first-order valence-corrected chi connectivity index (χ1v) is 5.92. The van der Waals surface area contributed by atoms with E-state index in [0.717, 1.165) is 0 Å². The number of ether oxygens (including phenoxy) is 1. The molecule has 0 spiro atoms. The van der Waals surface area contributed by atoms with Crippen LogP contribution in [-0.4, -0.2) is 41.2 Å². The number of nitrogen functional groups attached to an aromatic ring is 1. The maximum Gasteiger partial charge on any atom is 0.332 e. The number of aryl methyl sites for hydroxylation is 1. The summed E-state index contributed by atoms with van der Waals surface area (Å²) in [5, 5.41) is 11.2. The zero-order valence-corrected chi connectivity index (χ0v) is 11.6. The second-order valence-corrected chi connectivity index (χ2v) is 4.38. The normalized spacial score (nSPS) is 10.8. The van der Waals surface area contributed by atoms with Crippen molar-refractivity contribution < 1.29 is 9.66 Å². The number of rotatable bonds is 6. The van der Waals surface area contributed by atoms with E-state index in [0.29, 0.717) is 13.2 Å². The second-order valence-electron chi connectivity index (χ2n) is 4.38. The highest BCUT2D eigenvalue weighted by Gasteiger charge is 2.27. The molecule has 0 saturated heterocycles. The van der Waals surface area contributed by atoms with Crippen LogP contribution in [0, 0.1) is 17.0 Å². The Kier molecular flexibility index (Phi) is 4.99. The number of methoxy groups -OCH3 is 1. The van der Waals surface area contributed by atoms with Crippen LogP contribution >= 0.6 is 0 Å². The van der Waals surface area contributed by atoms with E-state index >= 15 is 0 Å². The number of hydrogen-bond acceptors (Lipinski definition) is 7. The predicted octanol–water partition coefficient (Wildman–Crippen LogP) is 1.14. The molecule has 0 fully saturated rings. The minimum absolute atomic E-state index is 0.0289. The van der Waals surface area contributed by atoms with Gasteiger partial charge >= 0.3 is 5.69 Å². The van der Waals surface area contributed by atoms with E-state index in [1.807, 2.05) is 13.8 Å². The van der Waals surface area contributed by atoms with Crippen LogP contribution in [0.4, 0.5) is 17.5 Å². The molecule has 0 aromatic carbocycles. The van der Waals surface area contributed by atoms with Crippen molar-refractivity contribution in [3.8, 4) is 0 Å². The molecule has 19 heavy (non-hydrogen) atoms. The van der Waals surface area contributed by atoms with Crippen LogP contribution in [0.15, 0.2) is 0 Å². The van der Waals surface area contributed by atoms with Gasteiger partial charge < -0.3 is 15.4 Å². The van der Waals surface area contributed by atoms with E-state index in [2.05, 4.69) is 9.97 Å². The number of hydrogen-bond donors (Lipinski definition) is 1. The smallest absolute Gasteiger partial charge is 0.332 e. The van der Waals surface area contributed by atoms with Crippen LogP contribution in [0.25, 0.3) is 0 Å². The lowest BCUT2D eigenvalue weighted by Crippen LogP contribution is -2.35. The maximum absolute atomic E-state index is 11.2. The minimum Gasteiger partial charge on any atom is -0.383 e. The Morgan fingerprint density at radius 2 is 2.11 bits per heavy atom. The summed E-state index contributed by atoms with van der Waals surface area (Å²) < 4.78 is 5.02. The molecule has 0 aliphatic rings. The molecule has 0 aliphatic heterocycles. The quantitative estimate of drug-likeness (QED) is 0.609. The molecule has 0 atom stereocenters. The van der Waals surface area contributed by atoms with Crippen molar-refractivity contribution >= 4 is 17.5 Å². The molecule has 106 valence electrons. The highest BCUT2D eigenvalue weighted by molar-refractivity contribution is 5.62. The molecule has 1 rings (SSSR count). The molecule has 0 aliphatic carbocycles. The Bertz CT molecular complexity index is 464. The van der Waals surface area contributed by atoms with Crippen molar-refractivity contribution in [1.82, 2.24) is 9.97 Å².